The van der Waals surface area contributed by atoms with Gasteiger partial charge in [0.05, 0.1) is 16.7 Å². The van der Waals surface area contributed by atoms with Gasteiger partial charge in [-0.1, -0.05) is 0 Å². The predicted molar refractivity (Wildman–Crippen MR) is 92.3 cm³/mol. The summed E-state index contributed by atoms with van der Waals surface area (Å²) in [5.41, 5.74) is 1.11. The molecule has 0 bridgehead atoms. The van der Waals surface area contributed by atoms with Gasteiger partial charge in [0, 0.05) is 18.2 Å². The van der Waals surface area contributed by atoms with Gasteiger partial charge in [0.2, 0.25) is 5.91 Å². The molecular formula is C17H22BN3O3. The van der Waals surface area contributed by atoms with E-state index in [0.29, 0.717) is 5.82 Å². The number of rotatable bonds is 3. The molecule has 2 aliphatic rings. The van der Waals surface area contributed by atoms with E-state index in [1.807, 2.05) is 52.1 Å². The van der Waals surface area contributed by atoms with Gasteiger partial charge < -0.3 is 14.6 Å². The second kappa shape index (κ2) is 5.07. The van der Waals surface area contributed by atoms with Gasteiger partial charge in [-0.05, 0) is 58.1 Å². The lowest BCUT2D eigenvalue weighted by Crippen LogP contribution is -2.41. The quantitative estimate of drug-likeness (QED) is 0.876. The number of nitrogens with zero attached hydrogens (tertiary/aromatic N) is 2. The van der Waals surface area contributed by atoms with E-state index in [1.165, 1.54) is 0 Å². The summed E-state index contributed by atoms with van der Waals surface area (Å²) in [6.07, 6.45) is 3.82. The molecule has 3 heterocycles. The van der Waals surface area contributed by atoms with Crippen LogP contribution in [-0.4, -0.2) is 33.8 Å². The van der Waals surface area contributed by atoms with Crippen LogP contribution in [0, 0.1) is 5.92 Å². The lowest BCUT2D eigenvalue weighted by Gasteiger charge is -2.32. The summed E-state index contributed by atoms with van der Waals surface area (Å²) >= 11 is 0. The van der Waals surface area contributed by atoms with Crippen LogP contribution in [0.15, 0.2) is 24.4 Å². The van der Waals surface area contributed by atoms with Gasteiger partial charge in [-0.3, -0.25) is 4.79 Å². The molecule has 0 radical (unpaired) electrons. The van der Waals surface area contributed by atoms with Crippen LogP contribution in [0.1, 0.15) is 40.5 Å². The summed E-state index contributed by atoms with van der Waals surface area (Å²) in [7, 11) is -0.403. The molecule has 2 aromatic heterocycles. The van der Waals surface area contributed by atoms with Crippen molar-refractivity contribution < 1.29 is 14.1 Å². The first-order chi connectivity index (χ1) is 11.2. The summed E-state index contributed by atoms with van der Waals surface area (Å²) in [5.74, 6) is 0.803. The monoisotopic (exact) mass is 327 g/mol. The van der Waals surface area contributed by atoms with E-state index in [-0.39, 0.29) is 23.0 Å². The van der Waals surface area contributed by atoms with E-state index in [9.17, 15) is 4.79 Å². The average molecular weight is 327 g/mol. The number of carbonyl (C=O) groups is 1. The Hall–Kier alpha value is -1.86. The SMILES string of the molecule is CC1(C)OB(c2ccn3nc(NC(=O)C4CC4)cc3c2)OC1(C)C. The molecule has 2 fully saturated rings. The van der Waals surface area contributed by atoms with Crippen molar-refractivity contribution in [3.63, 3.8) is 0 Å². The molecule has 1 saturated carbocycles. The molecule has 0 aromatic carbocycles. The highest BCUT2D eigenvalue weighted by molar-refractivity contribution is 6.62. The van der Waals surface area contributed by atoms with Crippen LogP contribution in [-0.2, 0) is 14.1 Å². The standard InChI is InChI=1S/C17H22BN3O3/c1-16(2)17(3,4)24-18(23-16)12-7-8-21-13(9-12)10-14(20-21)19-15(22)11-5-6-11/h7-11H,5-6H2,1-4H3,(H,19,20,22). The lowest BCUT2D eigenvalue weighted by atomic mass is 9.79. The van der Waals surface area contributed by atoms with Crippen molar-refractivity contribution in [2.45, 2.75) is 51.7 Å². The van der Waals surface area contributed by atoms with E-state index < -0.39 is 7.12 Å². The van der Waals surface area contributed by atoms with Crippen LogP contribution in [0.4, 0.5) is 5.82 Å². The summed E-state index contributed by atoms with van der Waals surface area (Å²) in [4.78, 5) is 11.9. The molecule has 126 valence electrons. The Bertz CT molecular complexity index is 795. The number of hydrogen-bond donors (Lipinski definition) is 1. The van der Waals surface area contributed by atoms with Crippen molar-refractivity contribution >= 4 is 29.8 Å². The largest absolute Gasteiger partial charge is 0.494 e. The Balaban J connectivity index is 1.58. The van der Waals surface area contributed by atoms with Crippen LogP contribution in [0.25, 0.3) is 5.52 Å². The molecule has 1 amide bonds. The third-order valence-electron chi connectivity index (χ3n) is 5.21. The number of fused-ring (bicyclic) bond motifs is 1. The molecule has 2 aromatic rings. The summed E-state index contributed by atoms with van der Waals surface area (Å²) in [6.45, 7) is 8.15. The number of amides is 1. The maximum Gasteiger partial charge on any atom is 0.494 e. The molecule has 1 N–H and O–H groups in total. The minimum atomic E-state index is -0.403. The topological polar surface area (TPSA) is 64.9 Å². The molecule has 0 unspecified atom stereocenters. The van der Waals surface area contributed by atoms with Crippen molar-refractivity contribution in [3.05, 3.63) is 24.4 Å². The maximum atomic E-state index is 11.9. The predicted octanol–water partition coefficient (Wildman–Crippen LogP) is 1.98. The van der Waals surface area contributed by atoms with Gasteiger partial charge in [-0.25, -0.2) is 4.52 Å². The van der Waals surface area contributed by atoms with Crippen molar-refractivity contribution in [2.24, 2.45) is 5.92 Å². The maximum absolute atomic E-state index is 11.9. The molecule has 0 atom stereocenters. The summed E-state index contributed by atoms with van der Waals surface area (Å²) in [5, 5.41) is 7.27. The molecule has 1 saturated heterocycles. The molecular weight excluding hydrogens is 305 g/mol. The molecule has 4 rings (SSSR count). The Kier molecular flexibility index (Phi) is 3.31. The fourth-order valence-electron chi connectivity index (χ4n) is 2.77. The summed E-state index contributed by atoms with van der Waals surface area (Å²) in [6, 6.07) is 5.80. The molecule has 0 spiro atoms. The van der Waals surface area contributed by atoms with Gasteiger partial charge >= 0.3 is 7.12 Å². The van der Waals surface area contributed by atoms with Crippen molar-refractivity contribution in [2.75, 3.05) is 5.32 Å². The smallest absolute Gasteiger partial charge is 0.399 e. The number of aromatic nitrogens is 2. The minimum absolute atomic E-state index is 0.0598. The van der Waals surface area contributed by atoms with Crippen molar-refractivity contribution in [3.8, 4) is 0 Å². The van der Waals surface area contributed by atoms with Gasteiger partial charge in [0.25, 0.3) is 0 Å². The summed E-state index contributed by atoms with van der Waals surface area (Å²) < 4.78 is 13.9. The number of carbonyl (C=O) groups excluding carboxylic acids is 1. The van der Waals surface area contributed by atoms with Crippen molar-refractivity contribution in [1.29, 1.82) is 0 Å². The molecule has 24 heavy (non-hydrogen) atoms. The third kappa shape index (κ3) is 2.61. The fraction of sp³-hybridized carbons (Fsp3) is 0.529. The van der Waals surface area contributed by atoms with Crippen molar-refractivity contribution in [1.82, 2.24) is 9.61 Å². The zero-order valence-electron chi connectivity index (χ0n) is 14.5. The van der Waals surface area contributed by atoms with Gasteiger partial charge in [0.15, 0.2) is 5.82 Å². The Morgan fingerprint density at radius 1 is 1.25 bits per heavy atom. The Labute approximate surface area is 141 Å². The number of hydrogen-bond acceptors (Lipinski definition) is 4. The van der Waals surface area contributed by atoms with Gasteiger partial charge in [-0.2, -0.15) is 5.10 Å². The Morgan fingerprint density at radius 2 is 1.92 bits per heavy atom. The lowest BCUT2D eigenvalue weighted by molar-refractivity contribution is -0.117. The highest BCUT2D eigenvalue weighted by Gasteiger charge is 2.51. The first-order valence-electron chi connectivity index (χ1n) is 8.41. The zero-order valence-corrected chi connectivity index (χ0v) is 14.5. The number of pyridine rings is 1. The Morgan fingerprint density at radius 3 is 2.54 bits per heavy atom. The molecule has 1 aliphatic heterocycles. The number of anilines is 1. The van der Waals surface area contributed by atoms with E-state index in [0.717, 1.165) is 23.8 Å². The zero-order chi connectivity index (χ0) is 17.1. The van der Waals surface area contributed by atoms with Crippen LogP contribution in [0.3, 0.4) is 0 Å². The van der Waals surface area contributed by atoms with Gasteiger partial charge in [0.1, 0.15) is 0 Å². The second-order valence-electron chi connectivity index (χ2n) is 7.71. The van der Waals surface area contributed by atoms with Crippen LogP contribution >= 0.6 is 0 Å². The minimum Gasteiger partial charge on any atom is -0.399 e. The van der Waals surface area contributed by atoms with E-state index in [2.05, 4.69) is 10.4 Å². The first-order valence-corrected chi connectivity index (χ1v) is 8.41. The van der Waals surface area contributed by atoms with Crippen LogP contribution in [0.5, 0.6) is 0 Å². The highest BCUT2D eigenvalue weighted by Crippen LogP contribution is 2.36. The average Bonchev–Trinajstić information content (AvgIpc) is 3.21. The first kappa shape index (κ1) is 15.7. The molecule has 6 nitrogen and oxygen atoms in total. The highest BCUT2D eigenvalue weighted by atomic mass is 16.7. The second-order valence-corrected chi connectivity index (χ2v) is 7.71. The van der Waals surface area contributed by atoms with E-state index in [1.54, 1.807) is 4.52 Å². The van der Waals surface area contributed by atoms with Crippen LogP contribution in [0.2, 0.25) is 0 Å². The van der Waals surface area contributed by atoms with Crippen LogP contribution < -0.4 is 10.8 Å². The van der Waals surface area contributed by atoms with E-state index >= 15 is 0 Å². The molecule has 7 heteroatoms. The molecule has 1 aliphatic carbocycles. The third-order valence-corrected chi connectivity index (χ3v) is 5.21. The fourth-order valence-corrected chi connectivity index (χ4v) is 2.77. The normalized spacial score (nSPS) is 22.1. The number of nitrogens with one attached hydrogen (secondary N) is 1. The van der Waals surface area contributed by atoms with Gasteiger partial charge in [-0.15, -0.1) is 0 Å². The van der Waals surface area contributed by atoms with E-state index in [4.69, 9.17) is 9.31 Å².